The van der Waals surface area contributed by atoms with Gasteiger partial charge in [0, 0.05) is 12.1 Å². The van der Waals surface area contributed by atoms with Crippen molar-refractivity contribution in [3.63, 3.8) is 0 Å². The Morgan fingerprint density at radius 1 is 1.33 bits per heavy atom. The minimum absolute atomic E-state index is 0.342. The molecule has 15 heavy (non-hydrogen) atoms. The predicted molar refractivity (Wildman–Crippen MR) is 64.0 cm³/mol. The lowest BCUT2D eigenvalue weighted by Crippen LogP contribution is -2.46. The van der Waals surface area contributed by atoms with Crippen molar-refractivity contribution < 1.29 is 0 Å². The Kier molecular flexibility index (Phi) is 2.54. The van der Waals surface area contributed by atoms with Crippen LogP contribution in [0.2, 0.25) is 0 Å². The van der Waals surface area contributed by atoms with Crippen molar-refractivity contribution in [1.82, 2.24) is 4.90 Å². The summed E-state index contributed by atoms with van der Waals surface area (Å²) in [5.74, 6) is 0. The van der Waals surface area contributed by atoms with E-state index in [1.807, 2.05) is 0 Å². The van der Waals surface area contributed by atoms with E-state index in [0.29, 0.717) is 12.1 Å². The van der Waals surface area contributed by atoms with Crippen molar-refractivity contribution in [2.45, 2.75) is 43.8 Å². The van der Waals surface area contributed by atoms with Gasteiger partial charge in [0.25, 0.3) is 0 Å². The first-order valence-electron chi connectivity index (χ1n) is 5.89. The van der Waals surface area contributed by atoms with Gasteiger partial charge in [0.15, 0.2) is 0 Å². The number of thiophene rings is 1. The second kappa shape index (κ2) is 3.89. The van der Waals surface area contributed by atoms with Crippen LogP contribution in [-0.4, -0.2) is 23.5 Å². The van der Waals surface area contributed by atoms with E-state index < -0.39 is 0 Å². The van der Waals surface area contributed by atoms with Crippen molar-refractivity contribution in [3.05, 3.63) is 22.4 Å². The van der Waals surface area contributed by atoms with Gasteiger partial charge in [-0.3, -0.25) is 4.90 Å². The Morgan fingerprint density at radius 3 is 2.87 bits per heavy atom. The molecule has 1 saturated heterocycles. The molecule has 1 aromatic rings. The Labute approximate surface area is 95.1 Å². The van der Waals surface area contributed by atoms with Crippen LogP contribution in [0.1, 0.15) is 37.3 Å². The summed E-state index contributed by atoms with van der Waals surface area (Å²) < 4.78 is 0. The standard InChI is InChI=1S/C12H18N2S/c13-11-2-1-6-14(10-3-4-10)12(11)9-5-7-15-8-9/h5,7-8,10-12H,1-4,6,13H2. The van der Waals surface area contributed by atoms with Gasteiger partial charge in [-0.05, 0) is 54.6 Å². The number of likely N-dealkylation sites (tertiary alicyclic amines) is 1. The first-order valence-corrected chi connectivity index (χ1v) is 6.84. The van der Waals surface area contributed by atoms with Gasteiger partial charge in [-0.15, -0.1) is 0 Å². The van der Waals surface area contributed by atoms with Crippen LogP contribution in [-0.2, 0) is 0 Å². The summed E-state index contributed by atoms with van der Waals surface area (Å²) in [4.78, 5) is 2.65. The highest BCUT2D eigenvalue weighted by atomic mass is 32.1. The third-order valence-corrected chi connectivity index (χ3v) is 4.32. The Balaban J connectivity index is 1.86. The fraction of sp³-hybridized carbons (Fsp3) is 0.667. The summed E-state index contributed by atoms with van der Waals surface area (Å²) in [6, 6.07) is 3.92. The first-order chi connectivity index (χ1) is 7.36. The summed E-state index contributed by atoms with van der Waals surface area (Å²) in [5.41, 5.74) is 7.73. The van der Waals surface area contributed by atoms with Gasteiger partial charge in [0.05, 0.1) is 6.04 Å². The highest BCUT2D eigenvalue weighted by Gasteiger charge is 2.39. The van der Waals surface area contributed by atoms with Gasteiger partial charge in [0.1, 0.15) is 0 Å². The molecule has 3 heteroatoms. The molecule has 0 amide bonds. The summed E-state index contributed by atoms with van der Waals surface area (Å²) in [7, 11) is 0. The number of nitrogens with two attached hydrogens (primary N) is 1. The molecule has 1 aliphatic carbocycles. The Morgan fingerprint density at radius 2 is 2.20 bits per heavy atom. The predicted octanol–water partition coefficient (Wildman–Crippen LogP) is 2.37. The molecule has 2 nitrogen and oxygen atoms in total. The SMILES string of the molecule is NC1CCCN(C2CC2)C1c1ccsc1. The van der Waals surface area contributed by atoms with Crippen LogP contribution >= 0.6 is 11.3 Å². The van der Waals surface area contributed by atoms with Gasteiger partial charge < -0.3 is 5.73 Å². The summed E-state index contributed by atoms with van der Waals surface area (Å²) in [6.45, 7) is 1.25. The molecule has 2 unspecified atom stereocenters. The van der Waals surface area contributed by atoms with Crippen molar-refractivity contribution in [3.8, 4) is 0 Å². The van der Waals surface area contributed by atoms with Crippen molar-refractivity contribution in [1.29, 1.82) is 0 Å². The maximum absolute atomic E-state index is 6.29. The molecule has 0 bridgehead atoms. The molecular weight excluding hydrogens is 204 g/mol. The van der Waals surface area contributed by atoms with Crippen molar-refractivity contribution >= 4 is 11.3 Å². The van der Waals surface area contributed by atoms with Crippen molar-refractivity contribution in [2.24, 2.45) is 5.73 Å². The molecule has 82 valence electrons. The quantitative estimate of drug-likeness (QED) is 0.832. The van der Waals surface area contributed by atoms with E-state index in [-0.39, 0.29) is 0 Å². The molecule has 0 aromatic carbocycles. The topological polar surface area (TPSA) is 29.3 Å². The maximum atomic E-state index is 6.29. The molecule has 2 heterocycles. The Bertz CT molecular complexity index is 318. The molecule has 2 aliphatic rings. The van der Waals surface area contributed by atoms with Crippen LogP contribution in [0, 0.1) is 0 Å². The van der Waals surface area contributed by atoms with E-state index in [1.54, 1.807) is 11.3 Å². The molecule has 1 aliphatic heterocycles. The molecule has 0 radical (unpaired) electrons. The van der Waals surface area contributed by atoms with Gasteiger partial charge in [-0.2, -0.15) is 11.3 Å². The molecule has 2 N–H and O–H groups in total. The highest BCUT2D eigenvalue weighted by Crippen LogP contribution is 2.39. The molecular formula is C12H18N2S. The molecule has 0 spiro atoms. The highest BCUT2D eigenvalue weighted by molar-refractivity contribution is 7.07. The van der Waals surface area contributed by atoms with E-state index in [4.69, 9.17) is 5.73 Å². The number of rotatable bonds is 2. The minimum atomic E-state index is 0.342. The lowest BCUT2D eigenvalue weighted by atomic mass is 9.92. The lowest BCUT2D eigenvalue weighted by molar-refractivity contribution is 0.120. The number of nitrogens with zero attached hydrogens (tertiary/aromatic N) is 1. The molecule has 2 fully saturated rings. The van der Waals surface area contributed by atoms with Gasteiger partial charge >= 0.3 is 0 Å². The largest absolute Gasteiger partial charge is 0.326 e. The zero-order chi connectivity index (χ0) is 10.3. The molecule has 1 aromatic heterocycles. The second-order valence-electron chi connectivity index (χ2n) is 4.78. The zero-order valence-corrected chi connectivity index (χ0v) is 9.75. The Hall–Kier alpha value is -0.380. The average Bonchev–Trinajstić information content (AvgIpc) is 2.95. The van der Waals surface area contributed by atoms with Gasteiger partial charge in [-0.1, -0.05) is 0 Å². The van der Waals surface area contributed by atoms with E-state index in [1.165, 1.54) is 37.8 Å². The molecule has 1 saturated carbocycles. The smallest absolute Gasteiger partial charge is 0.0510 e. The third-order valence-electron chi connectivity index (χ3n) is 3.62. The van der Waals surface area contributed by atoms with E-state index >= 15 is 0 Å². The zero-order valence-electron chi connectivity index (χ0n) is 8.93. The maximum Gasteiger partial charge on any atom is 0.0510 e. The average molecular weight is 222 g/mol. The fourth-order valence-corrected chi connectivity index (χ4v) is 3.44. The summed E-state index contributed by atoms with van der Waals surface area (Å²) in [5, 5.41) is 4.44. The van der Waals surface area contributed by atoms with Crippen LogP contribution in [0.5, 0.6) is 0 Å². The molecule has 2 atom stereocenters. The number of hydrogen-bond acceptors (Lipinski definition) is 3. The van der Waals surface area contributed by atoms with Crippen LogP contribution < -0.4 is 5.73 Å². The number of hydrogen-bond donors (Lipinski definition) is 1. The van der Waals surface area contributed by atoms with Crippen LogP contribution in [0.25, 0.3) is 0 Å². The van der Waals surface area contributed by atoms with E-state index in [9.17, 15) is 0 Å². The minimum Gasteiger partial charge on any atom is -0.326 e. The first kappa shape index (κ1) is 9.82. The second-order valence-corrected chi connectivity index (χ2v) is 5.56. The van der Waals surface area contributed by atoms with Crippen LogP contribution in [0.3, 0.4) is 0 Å². The van der Waals surface area contributed by atoms with E-state index in [2.05, 4.69) is 21.7 Å². The fourth-order valence-electron chi connectivity index (χ4n) is 2.75. The van der Waals surface area contributed by atoms with Crippen LogP contribution in [0.15, 0.2) is 16.8 Å². The third kappa shape index (κ3) is 1.84. The van der Waals surface area contributed by atoms with Crippen molar-refractivity contribution in [2.75, 3.05) is 6.54 Å². The summed E-state index contributed by atoms with van der Waals surface area (Å²) in [6.07, 6.45) is 5.22. The van der Waals surface area contributed by atoms with Gasteiger partial charge in [0.2, 0.25) is 0 Å². The monoisotopic (exact) mass is 222 g/mol. The molecule has 3 rings (SSSR count). The lowest BCUT2D eigenvalue weighted by Gasteiger charge is -2.39. The number of piperidine rings is 1. The van der Waals surface area contributed by atoms with Gasteiger partial charge in [-0.25, -0.2) is 0 Å². The van der Waals surface area contributed by atoms with Crippen LogP contribution in [0.4, 0.5) is 0 Å². The van der Waals surface area contributed by atoms with E-state index in [0.717, 1.165) is 6.04 Å². The summed E-state index contributed by atoms with van der Waals surface area (Å²) >= 11 is 1.79. The normalized spacial score (nSPS) is 33.1.